The number of aldehydes is 1. The SMILES string of the molecule is Cc1ccc(C)c(C2(C=O)CC2)c1. The zero-order valence-electron chi connectivity index (χ0n) is 8.13. The lowest BCUT2D eigenvalue weighted by Gasteiger charge is -2.11. The lowest BCUT2D eigenvalue weighted by atomic mass is 9.92. The zero-order chi connectivity index (χ0) is 9.47. The van der Waals surface area contributed by atoms with Crippen LogP contribution in [0.25, 0.3) is 0 Å². The summed E-state index contributed by atoms with van der Waals surface area (Å²) in [4.78, 5) is 11.0. The van der Waals surface area contributed by atoms with Crippen molar-refractivity contribution in [3.8, 4) is 0 Å². The number of benzene rings is 1. The Bertz CT molecular complexity index is 348. The Hall–Kier alpha value is -1.11. The van der Waals surface area contributed by atoms with Crippen molar-refractivity contribution in [1.29, 1.82) is 0 Å². The maximum Gasteiger partial charge on any atom is 0.130 e. The number of hydrogen-bond acceptors (Lipinski definition) is 1. The van der Waals surface area contributed by atoms with E-state index in [0.717, 1.165) is 19.1 Å². The molecule has 0 saturated heterocycles. The highest BCUT2D eigenvalue weighted by atomic mass is 16.1. The monoisotopic (exact) mass is 174 g/mol. The Kier molecular flexibility index (Phi) is 1.76. The van der Waals surface area contributed by atoms with E-state index in [1.54, 1.807) is 0 Å². The van der Waals surface area contributed by atoms with Gasteiger partial charge in [0.05, 0.1) is 5.41 Å². The predicted molar refractivity (Wildman–Crippen MR) is 52.9 cm³/mol. The van der Waals surface area contributed by atoms with Crippen LogP contribution in [0.15, 0.2) is 18.2 Å². The third-order valence-electron chi connectivity index (χ3n) is 2.94. The first-order chi connectivity index (χ1) is 6.18. The quantitative estimate of drug-likeness (QED) is 0.630. The number of carbonyl (C=O) groups excluding carboxylic acids is 1. The zero-order valence-corrected chi connectivity index (χ0v) is 8.13. The first-order valence-electron chi connectivity index (χ1n) is 4.72. The molecule has 0 amide bonds. The molecule has 13 heavy (non-hydrogen) atoms. The second kappa shape index (κ2) is 2.69. The van der Waals surface area contributed by atoms with Crippen molar-refractivity contribution in [3.63, 3.8) is 0 Å². The lowest BCUT2D eigenvalue weighted by molar-refractivity contribution is -0.109. The number of rotatable bonds is 2. The molecule has 0 aliphatic heterocycles. The highest BCUT2D eigenvalue weighted by molar-refractivity contribution is 5.74. The van der Waals surface area contributed by atoms with E-state index in [1.807, 2.05) is 0 Å². The molecule has 1 nitrogen and oxygen atoms in total. The summed E-state index contributed by atoms with van der Waals surface area (Å²) in [6, 6.07) is 6.35. The van der Waals surface area contributed by atoms with Gasteiger partial charge in [-0.2, -0.15) is 0 Å². The van der Waals surface area contributed by atoms with Gasteiger partial charge in [-0.1, -0.05) is 23.8 Å². The van der Waals surface area contributed by atoms with Crippen LogP contribution in [0.3, 0.4) is 0 Å². The van der Waals surface area contributed by atoms with Gasteiger partial charge in [-0.3, -0.25) is 0 Å². The molecule has 1 aromatic carbocycles. The van der Waals surface area contributed by atoms with E-state index in [2.05, 4.69) is 32.0 Å². The summed E-state index contributed by atoms with van der Waals surface area (Å²) in [6.07, 6.45) is 3.18. The topological polar surface area (TPSA) is 17.1 Å². The van der Waals surface area contributed by atoms with Crippen LogP contribution in [0.4, 0.5) is 0 Å². The van der Waals surface area contributed by atoms with Gasteiger partial charge in [-0.05, 0) is 37.8 Å². The predicted octanol–water partition coefficient (Wildman–Crippen LogP) is 2.53. The minimum atomic E-state index is -0.115. The second-order valence-corrected chi connectivity index (χ2v) is 4.09. The molecule has 0 unspecified atom stereocenters. The largest absolute Gasteiger partial charge is 0.302 e. The van der Waals surface area contributed by atoms with E-state index >= 15 is 0 Å². The Morgan fingerprint density at radius 3 is 2.54 bits per heavy atom. The standard InChI is InChI=1S/C12H14O/c1-9-3-4-10(2)11(7-9)12(8-13)5-6-12/h3-4,7-8H,5-6H2,1-2H3. The van der Waals surface area contributed by atoms with Crippen LogP contribution in [0, 0.1) is 13.8 Å². The van der Waals surface area contributed by atoms with Gasteiger partial charge >= 0.3 is 0 Å². The van der Waals surface area contributed by atoms with E-state index in [0.29, 0.717) is 0 Å². The number of hydrogen-bond donors (Lipinski definition) is 0. The van der Waals surface area contributed by atoms with Crippen LogP contribution >= 0.6 is 0 Å². The van der Waals surface area contributed by atoms with Gasteiger partial charge in [0.1, 0.15) is 6.29 Å². The molecule has 0 N–H and O–H groups in total. The molecule has 1 aromatic rings. The van der Waals surface area contributed by atoms with Crippen LogP contribution in [0.2, 0.25) is 0 Å². The summed E-state index contributed by atoms with van der Waals surface area (Å²) in [6.45, 7) is 4.15. The molecule has 2 rings (SSSR count). The minimum Gasteiger partial charge on any atom is -0.302 e. The van der Waals surface area contributed by atoms with Gasteiger partial charge in [0.2, 0.25) is 0 Å². The van der Waals surface area contributed by atoms with Crippen molar-refractivity contribution in [1.82, 2.24) is 0 Å². The highest BCUT2D eigenvalue weighted by Crippen LogP contribution is 2.47. The molecule has 0 heterocycles. The highest BCUT2D eigenvalue weighted by Gasteiger charge is 2.45. The van der Waals surface area contributed by atoms with E-state index in [1.165, 1.54) is 16.7 Å². The van der Waals surface area contributed by atoms with Crippen LogP contribution < -0.4 is 0 Å². The molecule has 1 fully saturated rings. The summed E-state index contributed by atoms with van der Waals surface area (Å²) in [5.74, 6) is 0. The average molecular weight is 174 g/mol. The van der Waals surface area contributed by atoms with E-state index < -0.39 is 0 Å². The maximum atomic E-state index is 11.0. The fraction of sp³-hybridized carbons (Fsp3) is 0.417. The van der Waals surface area contributed by atoms with Crippen molar-refractivity contribution >= 4 is 6.29 Å². The van der Waals surface area contributed by atoms with Crippen molar-refractivity contribution in [3.05, 3.63) is 34.9 Å². The summed E-state index contributed by atoms with van der Waals surface area (Å²) in [5, 5.41) is 0. The first kappa shape index (κ1) is 8.49. The summed E-state index contributed by atoms with van der Waals surface area (Å²) < 4.78 is 0. The van der Waals surface area contributed by atoms with Gasteiger partial charge in [-0.15, -0.1) is 0 Å². The van der Waals surface area contributed by atoms with E-state index in [9.17, 15) is 4.79 Å². The maximum absolute atomic E-state index is 11.0. The van der Waals surface area contributed by atoms with Crippen LogP contribution in [0.1, 0.15) is 29.5 Å². The molecule has 68 valence electrons. The van der Waals surface area contributed by atoms with Gasteiger partial charge in [0, 0.05) is 0 Å². The Labute approximate surface area is 78.8 Å². The Balaban J connectivity index is 2.50. The van der Waals surface area contributed by atoms with Gasteiger partial charge < -0.3 is 4.79 Å². The van der Waals surface area contributed by atoms with Crippen LogP contribution in [-0.4, -0.2) is 6.29 Å². The van der Waals surface area contributed by atoms with Gasteiger partial charge in [0.25, 0.3) is 0 Å². The summed E-state index contributed by atoms with van der Waals surface area (Å²) >= 11 is 0. The number of carbonyl (C=O) groups is 1. The summed E-state index contributed by atoms with van der Waals surface area (Å²) in [7, 11) is 0. The second-order valence-electron chi connectivity index (χ2n) is 4.09. The molecule has 0 atom stereocenters. The molecule has 0 bridgehead atoms. The fourth-order valence-corrected chi connectivity index (χ4v) is 1.86. The van der Waals surface area contributed by atoms with E-state index in [4.69, 9.17) is 0 Å². The smallest absolute Gasteiger partial charge is 0.130 e. The average Bonchev–Trinajstić information content (AvgIpc) is 2.90. The van der Waals surface area contributed by atoms with Crippen molar-refractivity contribution < 1.29 is 4.79 Å². The summed E-state index contributed by atoms with van der Waals surface area (Å²) in [5.41, 5.74) is 3.61. The van der Waals surface area contributed by atoms with Gasteiger partial charge in [-0.25, -0.2) is 0 Å². The molecule has 0 aromatic heterocycles. The van der Waals surface area contributed by atoms with Gasteiger partial charge in [0.15, 0.2) is 0 Å². The third-order valence-corrected chi connectivity index (χ3v) is 2.94. The van der Waals surface area contributed by atoms with Crippen molar-refractivity contribution in [2.45, 2.75) is 32.1 Å². The molecular formula is C12H14O. The van der Waals surface area contributed by atoms with Crippen LogP contribution in [-0.2, 0) is 10.2 Å². The first-order valence-corrected chi connectivity index (χ1v) is 4.72. The number of aryl methyl sites for hydroxylation is 2. The molecule has 1 aliphatic carbocycles. The Morgan fingerprint density at radius 2 is 2.00 bits per heavy atom. The molecule has 0 radical (unpaired) electrons. The van der Waals surface area contributed by atoms with Crippen LogP contribution in [0.5, 0.6) is 0 Å². The van der Waals surface area contributed by atoms with Crippen molar-refractivity contribution in [2.24, 2.45) is 0 Å². The minimum absolute atomic E-state index is 0.115. The Morgan fingerprint density at radius 1 is 1.31 bits per heavy atom. The van der Waals surface area contributed by atoms with E-state index in [-0.39, 0.29) is 5.41 Å². The molecule has 1 saturated carbocycles. The fourth-order valence-electron chi connectivity index (χ4n) is 1.86. The lowest BCUT2D eigenvalue weighted by Crippen LogP contribution is -2.09. The molecule has 1 heteroatoms. The molecule has 1 aliphatic rings. The molecule has 0 spiro atoms. The third kappa shape index (κ3) is 1.28. The molecular weight excluding hydrogens is 160 g/mol. The van der Waals surface area contributed by atoms with Crippen molar-refractivity contribution in [2.75, 3.05) is 0 Å². The normalized spacial score (nSPS) is 18.3.